The largest absolute Gasteiger partial charge is 0.377 e. The van der Waals surface area contributed by atoms with Crippen molar-refractivity contribution in [1.29, 1.82) is 0 Å². The minimum Gasteiger partial charge on any atom is -0.377 e. The maximum atomic E-state index is 5.42. The lowest BCUT2D eigenvalue weighted by Gasteiger charge is -2.37. The van der Waals surface area contributed by atoms with Crippen LogP contribution in [0.25, 0.3) is 0 Å². The van der Waals surface area contributed by atoms with Gasteiger partial charge in [0.2, 0.25) is 0 Å². The van der Waals surface area contributed by atoms with Gasteiger partial charge in [-0.1, -0.05) is 12.2 Å². The fourth-order valence-corrected chi connectivity index (χ4v) is 1.79. The van der Waals surface area contributed by atoms with Crippen molar-refractivity contribution in [3.8, 4) is 0 Å². The van der Waals surface area contributed by atoms with Crippen molar-refractivity contribution in [2.75, 3.05) is 26.3 Å². The molecule has 0 aromatic carbocycles. The van der Waals surface area contributed by atoms with Crippen LogP contribution in [0.4, 0.5) is 0 Å². The van der Waals surface area contributed by atoms with Gasteiger partial charge in [0.25, 0.3) is 0 Å². The van der Waals surface area contributed by atoms with E-state index in [2.05, 4.69) is 11.9 Å². The first-order chi connectivity index (χ1) is 5.36. The Bertz CT molecular complexity index is 163. The van der Waals surface area contributed by atoms with Crippen LogP contribution in [0.5, 0.6) is 0 Å². The monoisotopic (exact) mass is 153 g/mol. The molecule has 2 fully saturated rings. The van der Waals surface area contributed by atoms with Crippen LogP contribution in [0.1, 0.15) is 6.42 Å². The highest BCUT2D eigenvalue weighted by atomic mass is 16.5. The third-order valence-corrected chi connectivity index (χ3v) is 2.67. The van der Waals surface area contributed by atoms with Gasteiger partial charge in [-0.15, -0.1) is 0 Å². The Hall–Kier alpha value is -0.340. The van der Waals surface area contributed by atoms with E-state index in [0.29, 0.717) is 0 Å². The summed E-state index contributed by atoms with van der Waals surface area (Å²) in [6.45, 7) is 8.06. The molecule has 1 N–H and O–H groups in total. The van der Waals surface area contributed by atoms with Crippen molar-refractivity contribution in [1.82, 2.24) is 5.32 Å². The smallest absolute Gasteiger partial charge is 0.0674 e. The number of hydrogen-bond acceptors (Lipinski definition) is 2. The van der Waals surface area contributed by atoms with E-state index < -0.39 is 0 Å². The van der Waals surface area contributed by atoms with Crippen LogP contribution in [-0.4, -0.2) is 26.3 Å². The van der Waals surface area contributed by atoms with Crippen molar-refractivity contribution in [2.24, 2.45) is 11.8 Å². The molecule has 0 bridgehead atoms. The topological polar surface area (TPSA) is 21.3 Å². The second-order valence-corrected chi connectivity index (χ2v) is 3.65. The Kier molecular flexibility index (Phi) is 1.96. The van der Waals surface area contributed by atoms with E-state index in [1.807, 2.05) is 0 Å². The normalized spacial score (nSPS) is 33.5. The van der Waals surface area contributed by atoms with Crippen LogP contribution in [0.2, 0.25) is 0 Å². The molecule has 2 rings (SSSR count). The lowest BCUT2D eigenvalue weighted by molar-refractivity contribution is 0.0475. The molecule has 11 heavy (non-hydrogen) atoms. The Morgan fingerprint density at radius 1 is 1.36 bits per heavy atom. The van der Waals surface area contributed by atoms with Gasteiger partial charge in [0.05, 0.1) is 13.2 Å². The molecule has 2 nitrogen and oxygen atoms in total. The number of rotatable bonds is 1. The van der Waals surface area contributed by atoms with Crippen molar-refractivity contribution >= 4 is 0 Å². The molecule has 2 aliphatic rings. The van der Waals surface area contributed by atoms with E-state index in [-0.39, 0.29) is 0 Å². The van der Waals surface area contributed by atoms with Gasteiger partial charge in [0.15, 0.2) is 0 Å². The minimum atomic E-state index is 0.748. The Labute approximate surface area is 67.6 Å². The molecule has 2 heteroatoms. The maximum Gasteiger partial charge on any atom is 0.0674 e. The predicted molar refractivity (Wildman–Crippen MR) is 44.4 cm³/mol. The molecule has 0 radical (unpaired) electrons. The van der Waals surface area contributed by atoms with Crippen LogP contribution in [0.15, 0.2) is 12.2 Å². The molecule has 2 saturated heterocycles. The molecule has 1 unspecified atom stereocenters. The van der Waals surface area contributed by atoms with Gasteiger partial charge in [-0.05, 0) is 31.3 Å². The molecule has 0 spiro atoms. The Morgan fingerprint density at radius 2 is 2.18 bits per heavy atom. The Balaban J connectivity index is 1.87. The highest BCUT2D eigenvalue weighted by molar-refractivity contribution is 5.01. The Morgan fingerprint density at radius 3 is 2.73 bits per heavy atom. The molecule has 1 atom stereocenters. The van der Waals surface area contributed by atoms with E-state index in [1.54, 1.807) is 0 Å². The summed E-state index contributed by atoms with van der Waals surface area (Å²) in [6.07, 6.45) is 1.19. The summed E-state index contributed by atoms with van der Waals surface area (Å²) in [7, 11) is 0. The predicted octanol–water partition coefficient (Wildman–Crippen LogP) is 0.798. The summed E-state index contributed by atoms with van der Waals surface area (Å²) >= 11 is 0. The van der Waals surface area contributed by atoms with E-state index in [1.165, 1.54) is 25.1 Å². The van der Waals surface area contributed by atoms with Crippen LogP contribution in [0.3, 0.4) is 0 Å². The molecule has 0 aromatic heterocycles. The van der Waals surface area contributed by atoms with Gasteiger partial charge >= 0.3 is 0 Å². The van der Waals surface area contributed by atoms with E-state index >= 15 is 0 Å². The highest BCUT2D eigenvalue weighted by Gasteiger charge is 2.29. The molecule has 0 aliphatic carbocycles. The van der Waals surface area contributed by atoms with Crippen LogP contribution in [-0.2, 0) is 4.74 Å². The first-order valence-corrected chi connectivity index (χ1v) is 4.31. The average molecular weight is 153 g/mol. The van der Waals surface area contributed by atoms with E-state index in [0.717, 1.165) is 25.0 Å². The molecule has 2 aliphatic heterocycles. The molecular weight excluding hydrogens is 138 g/mol. The zero-order valence-corrected chi connectivity index (χ0v) is 6.81. The second-order valence-electron chi connectivity index (χ2n) is 3.65. The third kappa shape index (κ3) is 1.47. The lowest BCUT2D eigenvalue weighted by Crippen LogP contribution is -2.48. The first kappa shape index (κ1) is 7.32. The van der Waals surface area contributed by atoms with Crippen molar-refractivity contribution in [3.63, 3.8) is 0 Å². The first-order valence-electron chi connectivity index (χ1n) is 4.31. The quantitative estimate of drug-likeness (QED) is 0.563. The van der Waals surface area contributed by atoms with Gasteiger partial charge in [-0.3, -0.25) is 0 Å². The average Bonchev–Trinajstić information content (AvgIpc) is 1.83. The summed E-state index contributed by atoms with van der Waals surface area (Å²) in [6, 6.07) is 0. The number of ether oxygens (including phenoxy) is 1. The second kappa shape index (κ2) is 2.95. The zero-order chi connectivity index (χ0) is 7.68. The van der Waals surface area contributed by atoms with Crippen molar-refractivity contribution in [3.05, 3.63) is 12.2 Å². The van der Waals surface area contributed by atoms with Crippen molar-refractivity contribution in [2.45, 2.75) is 6.42 Å². The van der Waals surface area contributed by atoms with Crippen molar-refractivity contribution < 1.29 is 4.74 Å². The third-order valence-electron chi connectivity index (χ3n) is 2.67. The van der Waals surface area contributed by atoms with Crippen LogP contribution < -0.4 is 5.32 Å². The highest BCUT2D eigenvalue weighted by Crippen LogP contribution is 2.26. The van der Waals surface area contributed by atoms with Gasteiger partial charge in [-0.2, -0.15) is 0 Å². The number of nitrogens with one attached hydrogen (secondary N) is 1. The van der Waals surface area contributed by atoms with E-state index in [4.69, 9.17) is 4.74 Å². The molecule has 0 saturated carbocycles. The molecule has 0 aromatic rings. The van der Waals surface area contributed by atoms with E-state index in [9.17, 15) is 0 Å². The minimum absolute atomic E-state index is 0.748. The molecular formula is C9H15NO. The van der Waals surface area contributed by atoms with Crippen LogP contribution >= 0.6 is 0 Å². The summed E-state index contributed by atoms with van der Waals surface area (Å²) in [4.78, 5) is 0. The van der Waals surface area contributed by atoms with Gasteiger partial charge < -0.3 is 10.1 Å². The van der Waals surface area contributed by atoms with Crippen LogP contribution in [0, 0.1) is 11.8 Å². The summed E-state index contributed by atoms with van der Waals surface area (Å²) < 4.78 is 5.42. The van der Waals surface area contributed by atoms with Gasteiger partial charge in [-0.25, -0.2) is 0 Å². The molecule has 0 amide bonds. The summed E-state index contributed by atoms with van der Waals surface area (Å²) in [5, 5.41) is 3.29. The SMILES string of the molecule is C=C1COCC(C2CNC2)C1. The fourth-order valence-electron chi connectivity index (χ4n) is 1.79. The molecule has 2 heterocycles. The van der Waals surface area contributed by atoms with Gasteiger partial charge in [0.1, 0.15) is 0 Å². The summed E-state index contributed by atoms with van der Waals surface area (Å²) in [5.41, 5.74) is 1.27. The fraction of sp³-hybridized carbons (Fsp3) is 0.778. The van der Waals surface area contributed by atoms with Gasteiger partial charge in [0, 0.05) is 0 Å². The zero-order valence-electron chi connectivity index (χ0n) is 6.81. The maximum absolute atomic E-state index is 5.42. The summed E-state index contributed by atoms with van der Waals surface area (Å²) in [5.74, 6) is 1.60. The standard InChI is InChI=1S/C9H15NO/c1-7-2-8(6-11-5-7)9-3-10-4-9/h8-10H,1-6H2. The number of hydrogen-bond donors (Lipinski definition) is 1. The lowest BCUT2D eigenvalue weighted by atomic mass is 9.83. The molecule has 62 valence electrons.